The zero-order chi connectivity index (χ0) is 28.3. The molecule has 11 heteroatoms. The van der Waals surface area contributed by atoms with E-state index in [1.807, 2.05) is 30.3 Å². The zero-order valence-corrected chi connectivity index (χ0v) is 22.1. The summed E-state index contributed by atoms with van der Waals surface area (Å²) in [4.78, 5) is 52.6. The van der Waals surface area contributed by atoms with Gasteiger partial charge in [-0.15, -0.1) is 0 Å². The third-order valence-electron chi connectivity index (χ3n) is 7.01. The number of ether oxygens (including phenoxy) is 1. The van der Waals surface area contributed by atoms with E-state index < -0.39 is 35.6 Å². The Labute approximate surface area is 235 Å². The van der Waals surface area contributed by atoms with Gasteiger partial charge in [0.25, 0.3) is 11.8 Å². The van der Waals surface area contributed by atoms with Crippen LogP contribution in [0.3, 0.4) is 0 Å². The Balaban J connectivity index is 1.47. The number of halogens is 1. The Morgan fingerprint density at radius 3 is 2.50 bits per heavy atom. The summed E-state index contributed by atoms with van der Waals surface area (Å²) in [6, 6.07) is 18.7. The van der Waals surface area contributed by atoms with E-state index in [-0.39, 0.29) is 12.0 Å². The number of benzene rings is 3. The lowest BCUT2D eigenvalue weighted by molar-refractivity contribution is -0.120. The van der Waals surface area contributed by atoms with Crippen LogP contribution in [-0.4, -0.2) is 48.2 Å². The fourth-order valence-corrected chi connectivity index (χ4v) is 5.29. The number of fused-ring (bicyclic) bond motifs is 2. The largest absolute Gasteiger partial charge is 0.465 e. The van der Waals surface area contributed by atoms with E-state index in [2.05, 4.69) is 16.0 Å². The fraction of sp³-hybridized carbons (Fsp3) is 0.241. The molecule has 4 amide bonds. The van der Waals surface area contributed by atoms with Gasteiger partial charge in [0.1, 0.15) is 6.04 Å². The Hall–Kier alpha value is -4.41. The van der Waals surface area contributed by atoms with Crippen LogP contribution in [0.15, 0.2) is 72.8 Å². The van der Waals surface area contributed by atoms with E-state index in [0.717, 1.165) is 23.4 Å². The van der Waals surface area contributed by atoms with E-state index in [4.69, 9.17) is 21.4 Å². The number of carbonyl (C=O) groups excluding carboxylic acids is 3. The smallest absolute Gasteiger partial charge is 0.422 e. The van der Waals surface area contributed by atoms with Crippen molar-refractivity contribution >= 4 is 47.0 Å². The first-order valence-corrected chi connectivity index (χ1v) is 13.2. The quantitative estimate of drug-likeness (QED) is 0.346. The third kappa shape index (κ3) is 5.63. The molecule has 2 heterocycles. The fourth-order valence-electron chi connectivity index (χ4n) is 5.11. The highest BCUT2D eigenvalue weighted by molar-refractivity contribution is 6.31. The zero-order valence-electron chi connectivity index (χ0n) is 21.4. The molecule has 5 rings (SSSR count). The van der Waals surface area contributed by atoms with Gasteiger partial charge in [-0.2, -0.15) is 0 Å². The standard InChI is InChI=1S/C29H27ClN4O6/c30-20-9-12-24-22(16-20)29(13-4-14-31-17-29)40-28(39)34(24)26(36)23(15-18-5-2-1-3-6-18)33-25(35)19-7-10-21(11-8-19)32-27(37)38/h1-3,5-12,16,23,31-32H,4,13-15,17H2,(H,33,35)(H,37,38)/t23-,29+/m0/s1. The molecular weight excluding hydrogens is 536 g/mol. The van der Waals surface area contributed by atoms with Crippen LogP contribution in [0.5, 0.6) is 0 Å². The van der Waals surface area contributed by atoms with Crippen LogP contribution in [-0.2, 0) is 21.6 Å². The molecule has 0 aromatic heterocycles. The highest BCUT2D eigenvalue weighted by atomic mass is 35.5. The molecule has 2 atom stereocenters. The Morgan fingerprint density at radius 1 is 1.07 bits per heavy atom. The molecule has 0 saturated carbocycles. The average molecular weight is 563 g/mol. The van der Waals surface area contributed by atoms with Crippen LogP contribution < -0.4 is 20.9 Å². The molecule has 4 N–H and O–H groups in total. The predicted octanol–water partition coefficient (Wildman–Crippen LogP) is 4.53. The number of rotatable bonds is 6. The lowest BCUT2D eigenvalue weighted by atomic mass is 9.84. The molecule has 1 saturated heterocycles. The maximum Gasteiger partial charge on any atom is 0.422 e. The van der Waals surface area contributed by atoms with Crippen molar-refractivity contribution in [3.05, 3.63) is 94.5 Å². The van der Waals surface area contributed by atoms with E-state index in [9.17, 15) is 19.2 Å². The van der Waals surface area contributed by atoms with Crippen molar-refractivity contribution in [3.8, 4) is 0 Å². The number of piperidine rings is 1. The van der Waals surface area contributed by atoms with Crippen LogP contribution in [0.1, 0.15) is 34.3 Å². The van der Waals surface area contributed by atoms with Gasteiger partial charge >= 0.3 is 12.2 Å². The van der Waals surface area contributed by atoms with Gasteiger partial charge in [0.05, 0.1) is 5.69 Å². The van der Waals surface area contributed by atoms with Crippen LogP contribution in [0.4, 0.5) is 21.0 Å². The molecule has 3 aromatic rings. The van der Waals surface area contributed by atoms with E-state index in [1.54, 1.807) is 18.2 Å². The molecule has 3 aromatic carbocycles. The number of hydrogen-bond acceptors (Lipinski definition) is 6. The molecule has 0 radical (unpaired) electrons. The van der Waals surface area contributed by atoms with E-state index >= 15 is 0 Å². The summed E-state index contributed by atoms with van der Waals surface area (Å²) in [5.74, 6) is -1.22. The van der Waals surface area contributed by atoms with Gasteiger partial charge < -0.3 is 20.5 Å². The molecule has 0 unspecified atom stereocenters. The summed E-state index contributed by atoms with van der Waals surface area (Å²) in [7, 11) is 0. The van der Waals surface area contributed by atoms with Crippen LogP contribution in [0.2, 0.25) is 5.02 Å². The van der Waals surface area contributed by atoms with Gasteiger partial charge in [0.15, 0.2) is 5.60 Å². The number of nitrogens with one attached hydrogen (secondary N) is 3. The van der Waals surface area contributed by atoms with Gasteiger partial charge in [-0.1, -0.05) is 41.9 Å². The topological polar surface area (TPSA) is 137 Å². The highest BCUT2D eigenvalue weighted by Crippen LogP contribution is 2.44. The minimum atomic E-state index is -1.23. The molecule has 206 valence electrons. The minimum Gasteiger partial charge on any atom is -0.465 e. The molecule has 1 spiro atoms. The van der Waals surface area contributed by atoms with Crippen molar-refractivity contribution in [2.24, 2.45) is 0 Å². The van der Waals surface area contributed by atoms with Gasteiger partial charge in [-0.05, 0) is 67.4 Å². The number of hydrogen-bond donors (Lipinski definition) is 4. The van der Waals surface area contributed by atoms with Gasteiger partial charge in [-0.25, -0.2) is 14.5 Å². The summed E-state index contributed by atoms with van der Waals surface area (Å²) in [5, 5.41) is 17.6. The van der Waals surface area contributed by atoms with Crippen LogP contribution >= 0.6 is 11.6 Å². The maximum absolute atomic E-state index is 14.1. The Kier molecular flexibility index (Phi) is 7.72. The molecular formula is C29H27ClN4O6. The molecule has 0 bridgehead atoms. The Bertz CT molecular complexity index is 1440. The second kappa shape index (κ2) is 11.4. The predicted molar refractivity (Wildman–Crippen MR) is 149 cm³/mol. The second-order valence-electron chi connectivity index (χ2n) is 9.70. The van der Waals surface area contributed by atoms with Gasteiger partial charge in [-0.3, -0.25) is 14.9 Å². The van der Waals surface area contributed by atoms with Crippen LogP contribution in [0.25, 0.3) is 0 Å². The lowest BCUT2D eigenvalue weighted by Crippen LogP contribution is -2.58. The SMILES string of the molecule is O=C(O)Nc1ccc(C(=O)N[C@@H](Cc2ccccc2)C(=O)N2C(=O)O[C@@]3(CCCNC3)c3cc(Cl)ccc32)cc1. The normalized spacial score (nSPS) is 18.8. The van der Waals surface area contributed by atoms with Crippen LogP contribution in [0, 0.1) is 0 Å². The summed E-state index contributed by atoms with van der Waals surface area (Å²) in [6.07, 6.45) is -0.575. The van der Waals surface area contributed by atoms with Crippen molar-refractivity contribution in [1.82, 2.24) is 10.6 Å². The maximum atomic E-state index is 14.1. The monoisotopic (exact) mass is 562 g/mol. The summed E-state index contributed by atoms with van der Waals surface area (Å²) in [6.45, 7) is 1.18. The minimum absolute atomic E-state index is 0.115. The summed E-state index contributed by atoms with van der Waals surface area (Å²) >= 11 is 6.33. The number of nitrogens with zero attached hydrogens (tertiary/aromatic N) is 1. The van der Waals surface area contributed by atoms with Gasteiger partial charge in [0.2, 0.25) is 0 Å². The van der Waals surface area contributed by atoms with Crippen molar-refractivity contribution in [1.29, 1.82) is 0 Å². The summed E-state index contributed by atoms with van der Waals surface area (Å²) < 4.78 is 5.94. The first kappa shape index (κ1) is 27.2. The van der Waals surface area contributed by atoms with E-state index in [1.165, 1.54) is 24.3 Å². The first-order valence-electron chi connectivity index (χ1n) is 12.8. The average Bonchev–Trinajstić information content (AvgIpc) is 2.94. The molecule has 2 aliphatic heterocycles. The first-order chi connectivity index (χ1) is 19.3. The molecule has 10 nitrogen and oxygen atoms in total. The highest BCUT2D eigenvalue weighted by Gasteiger charge is 2.48. The molecule has 1 fully saturated rings. The van der Waals surface area contributed by atoms with Crippen molar-refractivity contribution in [3.63, 3.8) is 0 Å². The number of carbonyl (C=O) groups is 4. The summed E-state index contributed by atoms with van der Waals surface area (Å²) in [5.41, 5.74) is 1.32. The van der Waals surface area contributed by atoms with Gasteiger partial charge in [0, 0.05) is 34.8 Å². The number of amides is 4. The Morgan fingerprint density at radius 2 is 1.82 bits per heavy atom. The molecule has 2 aliphatic rings. The number of imide groups is 1. The van der Waals surface area contributed by atoms with Crippen molar-refractivity contribution in [2.75, 3.05) is 23.3 Å². The second-order valence-corrected chi connectivity index (χ2v) is 10.1. The number of carboxylic acid groups (broad SMARTS) is 1. The molecule has 40 heavy (non-hydrogen) atoms. The third-order valence-corrected chi connectivity index (χ3v) is 7.24. The van der Waals surface area contributed by atoms with Crippen molar-refractivity contribution < 1.29 is 29.0 Å². The van der Waals surface area contributed by atoms with E-state index in [0.29, 0.717) is 34.9 Å². The van der Waals surface area contributed by atoms with Crippen molar-refractivity contribution in [2.45, 2.75) is 30.9 Å². The number of anilines is 2. The lowest BCUT2D eigenvalue weighted by Gasteiger charge is -2.44. The molecule has 0 aliphatic carbocycles.